The largest absolute Gasteiger partial charge is 0.208 e. The summed E-state index contributed by atoms with van der Waals surface area (Å²) in [5.74, 6) is 2.16. The highest BCUT2D eigenvalue weighted by Gasteiger charge is 2.46. The third-order valence-corrected chi connectivity index (χ3v) is 13.8. The van der Waals surface area contributed by atoms with Crippen molar-refractivity contribution < 1.29 is 0 Å². The molecular weight excluding hydrogens is 811 g/mol. The van der Waals surface area contributed by atoms with Crippen LogP contribution in [0.15, 0.2) is 243 Å². The number of allylic oxidation sites excluding steroid dienone is 8. The van der Waals surface area contributed by atoms with Gasteiger partial charge in [0.15, 0.2) is 17.5 Å². The highest BCUT2D eigenvalue weighted by Crippen LogP contribution is 2.56. The van der Waals surface area contributed by atoms with E-state index in [1.807, 2.05) is 0 Å². The van der Waals surface area contributed by atoms with E-state index >= 15 is 0 Å². The summed E-state index contributed by atoms with van der Waals surface area (Å²) >= 11 is 0. The molecule has 9 aromatic rings. The topological polar surface area (TPSA) is 38.7 Å². The van der Waals surface area contributed by atoms with E-state index in [1.54, 1.807) is 0 Å². The van der Waals surface area contributed by atoms with Gasteiger partial charge in [-0.1, -0.05) is 206 Å². The highest BCUT2D eigenvalue weighted by molar-refractivity contribution is 5.88. The van der Waals surface area contributed by atoms with Gasteiger partial charge in [-0.2, -0.15) is 0 Å². The molecule has 0 bridgehead atoms. The molecule has 67 heavy (non-hydrogen) atoms. The van der Waals surface area contributed by atoms with Gasteiger partial charge in [0.2, 0.25) is 0 Å². The molecule has 1 atom stereocenters. The molecule has 0 saturated carbocycles. The van der Waals surface area contributed by atoms with Crippen LogP contribution in [0.1, 0.15) is 58.6 Å². The predicted molar refractivity (Wildman–Crippen MR) is 276 cm³/mol. The van der Waals surface area contributed by atoms with Crippen molar-refractivity contribution in [3.05, 3.63) is 276 Å². The molecule has 3 aliphatic rings. The van der Waals surface area contributed by atoms with E-state index in [9.17, 15) is 0 Å². The van der Waals surface area contributed by atoms with E-state index in [1.165, 1.54) is 50.1 Å². The third kappa shape index (κ3) is 7.39. The molecule has 0 fully saturated rings. The number of nitrogens with zero attached hydrogens (tertiary/aromatic N) is 3. The Morgan fingerprint density at radius 2 is 0.925 bits per heavy atom. The minimum absolute atomic E-state index is 0.252. The van der Waals surface area contributed by atoms with Gasteiger partial charge < -0.3 is 0 Å². The van der Waals surface area contributed by atoms with E-state index in [-0.39, 0.29) is 5.92 Å². The molecule has 0 amide bonds. The Morgan fingerprint density at radius 1 is 0.388 bits per heavy atom. The monoisotopic (exact) mass is 857 g/mol. The summed E-state index contributed by atoms with van der Waals surface area (Å²) in [6, 6.07) is 72.6. The summed E-state index contributed by atoms with van der Waals surface area (Å²) in [5.41, 5.74) is 17.9. The molecule has 0 spiro atoms. The van der Waals surface area contributed by atoms with Gasteiger partial charge in [0.1, 0.15) is 0 Å². The minimum atomic E-state index is -0.564. The van der Waals surface area contributed by atoms with Crippen molar-refractivity contribution in [3.63, 3.8) is 0 Å². The first-order valence-corrected chi connectivity index (χ1v) is 23.4. The molecule has 0 aliphatic heterocycles. The number of hydrogen-bond acceptors (Lipinski definition) is 3. The summed E-state index contributed by atoms with van der Waals surface area (Å²) < 4.78 is 0. The lowest BCUT2D eigenvalue weighted by atomic mass is 9.67. The predicted octanol–water partition coefficient (Wildman–Crippen LogP) is 15.9. The second kappa shape index (κ2) is 17.3. The summed E-state index contributed by atoms with van der Waals surface area (Å²) in [7, 11) is 0. The second-order valence-corrected chi connectivity index (χ2v) is 17.8. The molecule has 0 saturated heterocycles. The Balaban J connectivity index is 1.11. The summed E-state index contributed by atoms with van der Waals surface area (Å²) in [4.78, 5) is 16.5. The van der Waals surface area contributed by atoms with Crippen molar-refractivity contribution in [1.82, 2.24) is 15.0 Å². The van der Waals surface area contributed by atoms with Crippen molar-refractivity contribution in [2.75, 3.05) is 0 Å². The average Bonchev–Trinajstić information content (AvgIpc) is 3.72. The van der Waals surface area contributed by atoms with E-state index in [0.29, 0.717) is 17.5 Å². The van der Waals surface area contributed by atoms with Crippen molar-refractivity contribution in [3.8, 4) is 67.5 Å². The van der Waals surface area contributed by atoms with Gasteiger partial charge in [-0.05, 0) is 128 Å². The van der Waals surface area contributed by atoms with E-state index in [4.69, 9.17) is 15.0 Å². The SMILES string of the molecule is C1=CCCC(c2cc(-c3nc(-c4cc(-c5ccccc5)cc(-c5ccccc5)c4)nc(-c4ccc5c(c4)C(c4ccccc4)(c4ccccc4)c4ccccc4-5)n3)cc(C3C=CC=CC3)c2)=C1. The first kappa shape index (κ1) is 40.3. The van der Waals surface area contributed by atoms with Crippen molar-refractivity contribution >= 4 is 5.57 Å². The fourth-order valence-electron chi connectivity index (χ4n) is 10.5. The normalized spacial score (nSPS) is 15.5. The number of fused-ring (bicyclic) bond motifs is 3. The zero-order valence-electron chi connectivity index (χ0n) is 37.1. The van der Waals surface area contributed by atoms with Crippen LogP contribution in [-0.2, 0) is 5.41 Å². The van der Waals surface area contributed by atoms with Gasteiger partial charge in [0.25, 0.3) is 0 Å². The molecule has 12 rings (SSSR count). The summed E-state index contributed by atoms with van der Waals surface area (Å²) in [5, 5.41) is 0. The van der Waals surface area contributed by atoms with Gasteiger partial charge in [0, 0.05) is 22.6 Å². The zero-order valence-corrected chi connectivity index (χ0v) is 37.1. The molecule has 8 aromatic carbocycles. The van der Waals surface area contributed by atoms with Crippen LogP contribution >= 0.6 is 0 Å². The maximum Gasteiger partial charge on any atom is 0.164 e. The van der Waals surface area contributed by atoms with Crippen LogP contribution in [0, 0.1) is 0 Å². The standard InChI is InChI=1S/C64H47N3/c1-7-21-44(22-8-1)49-37-50(45-23-9-2-10-24-45)40-53(39-49)62-65-61(66-63(67-62)54-41-51(46-25-11-3-12-26-46)38-52(42-54)47-27-13-4-14-28-47)48-35-36-58-57-33-19-20-34-59(57)64(60(58)43-48,55-29-15-5-16-30-55)56-31-17-6-18-32-56/h1-13,15-25,27,29-43,46H,14,26,28H2. The Kier molecular flexibility index (Phi) is 10.4. The molecule has 1 unspecified atom stereocenters. The molecule has 3 heteroatoms. The van der Waals surface area contributed by atoms with Crippen LogP contribution in [0.3, 0.4) is 0 Å². The van der Waals surface area contributed by atoms with E-state index in [0.717, 1.165) is 58.2 Å². The summed E-state index contributed by atoms with van der Waals surface area (Å²) in [6.07, 6.45) is 18.6. The van der Waals surface area contributed by atoms with Crippen LogP contribution in [0.25, 0.3) is 73.1 Å². The highest BCUT2D eigenvalue weighted by atomic mass is 15.0. The molecule has 3 nitrogen and oxygen atoms in total. The maximum absolute atomic E-state index is 5.51. The molecule has 0 radical (unpaired) electrons. The summed E-state index contributed by atoms with van der Waals surface area (Å²) in [6.45, 7) is 0. The maximum atomic E-state index is 5.51. The number of hydrogen-bond donors (Lipinski definition) is 0. The van der Waals surface area contributed by atoms with Crippen molar-refractivity contribution in [2.45, 2.75) is 30.6 Å². The lowest BCUT2D eigenvalue weighted by Crippen LogP contribution is -2.28. The van der Waals surface area contributed by atoms with E-state index < -0.39 is 5.41 Å². The van der Waals surface area contributed by atoms with Gasteiger partial charge in [-0.3, -0.25) is 0 Å². The Morgan fingerprint density at radius 3 is 1.54 bits per heavy atom. The third-order valence-electron chi connectivity index (χ3n) is 13.8. The average molecular weight is 858 g/mol. The van der Waals surface area contributed by atoms with Gasteiger partial charge in [0.05, 0.1) is 5.41 Å². The lowest BCUT2D eigenvalue weighted by molar-refractivity contribution is 0.768. The van der Waals surface area contributed by atoms with Crippen LogP contribution in [0.4, 0.5) is 0 Å². The van der Waals surface area contributed by atoms with Crippen molar-refractivity contribution in [2.24, 2.45) is 0 Å². The Bertz CT molecular complexity index is 3320. The Hall–Kier alpha value is -8.27. The lowest BCUT2D eigenvalue weighted by Gasteiger charge is -2.34. The molecule has 318 valence electrons. The first-order chi connectivity index (χ1) is 33.2. The minimum Gasteiger partial charge on any atom is -0.208 e. The van der Waals surface area contributed by atoms with Gasteiger partial charge >= 0.3 is 0 Å². The van der Waals surface area contributed by atoms with Gasteiger partial charge in [-0.15, -0.1) is 0 Å². The smallest absolute Gasteiger partial charge is 0.164 e. The van der Waals surface area contributed by atoms with Crippen LogP contribution < -0.4 is 0 Å². The van der Waals surface area contributed by atoms with Crippen molar-refractivity contribution in [1.29, 1.82) is 0 Å². The van der Waals surface area contributed by atoms with Crippen LogP contribution in [-0.4, -0.2) is 15.0 Å². The number of rotatable bonds is 9. The number of aromatic nitrogens is 3. The fraction of sp³-hybridized carbons (Fsp3) is 0.0781. The van der Waals surface area contributed by atoms with Crippen LogP contribution in [0.2, 0.25) is 0 Å². The number of benzene rings is 8. The molecule has 1 heterocycles. The van der Waals surface area contributed by atoms with Gasteiger partial charge in [-0.25, -0.2) is 15.0 Å². The fourth-order valence-corrected chi connectivity index (χ4v) is 10.5. The molecule has 0 N–H and O–H groups in total. The van der Waals surface area contributed by atoms with E-state index in [2.05, 4.69) is 243 Å². The second-order valence-electron chi connectivity index (χ2n) is 17.8. The first-order valence-electron chi connectivity index (χ1n) is 23.4. The molecular formula is C64H47N3. The zero-order chi connectivity index (χ0) is 44.6. The quantitative estimate of drug-likeness (QED) is 0.145. The molecule has 1 aromatic heterocycles. The molecule has 3 aliphatic carbocycles. The Labute approximate surface area is 393 Å². The van der Waals surface area contributed by atoms with Crippen LogP contribution in [0.5, 0.6) is 0 Å².